The highest BCUT2D eigenvalue weighted by atomic mass is 16.4. The van der Waals surface area contributed by atoms with Crippen molar-refractivity contribution in [1.82, 2.24) is 10.2 Å². The van der Waals surface area contributed by atoms with Crippen LogP contribution in [-0.2, 0) is 14.4 Å². The monoisotopic (exact) mass is 214 g/mol. The maximum Gasteiger partial charge on any atom is 0.325 e. The highest BCUT2D eigenvalue weighted by Gasteiger charge is 2.33. The minimum Gasteiger partial charge on any atom is -0.480 e. The summed E-state index contributed by atoms with van der Waals surface area (Å²) in [6.45, 7) is 1.75. The number of carbonyl (C=O) groups excluding carboxylic acids is 2. The number of likely N-dealkylation sites (tertiary alicyclic amines) is 1. The van der Waals surface area contributed by atoms with Crippen LogP contribution in [0.3, 0.4) is 0 Å². The maximum atomic E-state index is 11.5. The number of aliphatic carboxylic acids is 1. The second kappa shape index (κ2) is 4.29. The molecule has 1 rings (SSSR count). The lowest BCUT2D eigenvalue weighted by molar-refractivity contribution is -0.141. The highest BCUT2D eigenvalue weighted by molar-refractivity contribution is 5.91. The molecule has 0 aromatic carbocycles. The third kappa shape index (κ3) is 2.68. The lowest BCUT2D eigenvalue weighted by Crippen LogP contribution is -2.42. The minimum atomic E-state index is -1.08. The van der Waals surface area contributed by atoms with E-state index in [0.717, 1.165) is 0 Å². The van der Waals surface area contributed by atoms with Crippen molar-refractivity contribution in [1.29, 1.82) is 0 Å². The molecule has 6 heteroatoms. The van der Waals surface area contributed by atoms with E-state index in [2.05, 4.69) is 5.32 Å². The third-order valence-electron chi connectivity index (χ3n) is 2.44. The average molecular weight is 214 g/mol. The molecule has 84 valence electrons. The summed E-state index contributed by atoms with van der Waals surface area (Å²) in [6, 6.07) is -0.918. The summed E-state index contributed by atoms with van der Waals surface area (Å²) in [4.78, 5) is 34.6. The Morgan fingerprint density at radius 2 is 2.20 bits per heavy atom. The topological polar surface area (TPSA) is 86.7 Å². The van der Waals surface area contributed by atoms with E-state index in [9.17, 15) is 14.4 Å². The van der Waals surface area contributed by atoms with Gasteiger partial charge >= 0.3 is 5.97 Å². The van der Waals surface area contributed by atoms with Gasteiger partial charge in [0, 0.05) is 20.0 Å². The van der Waals surface area contributed by atoms with Crippen LogP contribution in [0.25, 0.3) is 0 Å². The van der Waals surface area contributed by atoms with Crippen molar-refractivity contribution in [2.24, 2.45) is 5.92 Å². The number of rotatable bonds is 3. The molecule has 0 radical (unpaired) electrons. The number of carboxylic acid groups (broad SMARTS) is 1. The Hall–Kier alpha value is -1.59. The second-order valence-electron chi connectivity index (χ2n) is 3.74. The molecule has 1 fully saturated rings. The van der Waals surface area contributed by atoms with Crippen molar-refractivity contribution < 1.29 is 19.5 Å². The van der Waals surface area contributed by atoms with E-state index in [1.807, 2.05) is 0 Å². The van der Waals surface area contributed by atoms with Gasteiger partial charge in [-0.2, -0.15) is 0 Å². The van der Waals surface area contributed by atoms with Crippen LogP contribution in [0.1, 0.15) is 13.3 Å². The number of hydrogen-bond donors (Lipinski definition) is 2. The van der Waals surface area contributed by atoms with Crippen LogP contribution in [0.4, 0.5) is 0 Å². The van der Waals surface area contributed by atoms with E-state index < -0.39 is 17.9 Å². The molecule has 0 aromatic heterocycles. The van der Waals surface area contributed by atoms with Gasteiger partial charge in [-0.15, -0.1) is 0 Å². The number of carbonyl (C=O) groups is 3. The largest absolute Gasteiger partial charge is 0.480 e. The molecule has 1 aliphatic heterocycles. The smallest absolute Gasteiger partial charge is 0.325 e. The number of nitrogens with zero attached hydrogens (tertiary/aromatic N) is 1. The van der Waals surface area contributed by atoms with Gasteiger partial charge in [-0.25, -0.2) is 0 Å². The van der Waals surface area contributed by atoms with Crippen molar-refractivity contribution in [2.45, 2.75) is 19.4 Å². The molecular formula is C9H14N2O4. The van der Waals surface area contributed by atoms with Crippen molar-refractivity contribution in [2.75, 3.05) is 13.6 Å². The first-order valence-corrected chi connectivity index (χ1v) is 4.69. The molecule has 15 heavy (non-hydrogen) atoms. The second-order valence-corrected chi connectivity index (χ2v) is 3.74. The van der Waals surface area contributed by atoms with Gasteiger partial charge < -0.3 is 15.3 Å². The fraction of sp³-hybridized carbons (Fsp3) is 0.667. The van der Waals surface area contributed by atoms with Crippen LogP contribution in [-0.4, -0.2) is 47.4 Å². The van der Waals surface area contributed by atoms with Crippen molar-refractivity contribution in [3.05, 3.63) is 0 Å². The van der Waals surface area contributed by atoms with Crippen molar-refractivity contribution in [3.63, 3.8) is 0 Å². The molecule has 1 heterocycles. The molecular weight excluding hydrogens is 200 g/mol. The molecule has 2 N–H and O–H groups in total. The summed E-state index contributed by atoms with van der Waals surface area (Å²) in [5.74, 6) is -1.97. The Morgan fingerprint density at radius 1 is 1.60 bits per heavy atom. The van der Waals surface area contributed by atoms with E-state index in [0.29, 0.717) is 6.54 Å². The van der Waals surface area contributed by atoms with Gasteiger partial charge in [0.25, 0.3) is 0 Å². The molecule has 0 aliphatic carbocycles. The van der Waals surface area contributed by atoms with Crippen LogP contribution < -0.4 is 5.32 Å². The van der Waals surface area contributed by atoms with Crippen LogP contribution >= 0.6 is 0 Å². The van der Waals surface area contributed by atoms with E-state index in [1.165, 1.54) is 11.8 Å². The number of hydrogen-bond acceptors (Lipinski definition) is 3. The number of amides is 2. The lowest BCUT2D eigenvalue weighted by Gasteiger charge is -2.13. The molecule has 6 nitrogen and oxygen atoms in total. The number of nitrogens with one attached hydrogen (secondary N) is 1. The number of carboxylic acids is 1. The SMILES string of the molecule is CC(NC(=O)C1CC(=O)N(C)C1)C(=O)O. The third-order valence-corrected chi connectivity index (χ3v) is 2.44. The molecule has 0 bridgehead atoms. The van der Waals surface area contributed by atoms with Crippen molar-refractivity contribution in [3.8, 4) is 0 Å². The lowest BCUT2D eigenvalue weighted by atomic mass is 10.1. The van der Waals surface area contributed by atoms with Crippen LogP contribution in [0.5, 0.6) is 0 Å². The first kappa shape index (κ1) is 11.5. The van der Waals surface area contributed by atoms with Crippen molar-refractivity contribution >= 4 is 17.8 Å². The first-order valence-electron chi connectivity index (χ1n) is 4.69. The van der Waals surface area contributed by atoms with Gasteiger partial charge in [-0.3, -0.25) is 14.4 Å². The normalized spacial score (nSPS) is 22.7. The van der Waals surface area contributed by atoms with E-state index in [4.69, 9.17) is 5.11 Å². The molecule has 2 unspecified atom stereocenters. The molecule has 1 saturated heterocycles. The fourth-order valence-corrected chi connectivity index (χ4v) is 1.43. The van der Waals surface area contributed by atoms with Gasteiger partial charge in [-0.05, 0) is 6.92 Å². The zero-order valence-electron chi connectivity index (χ0n) is 8.69. The summed E-state index contributed by atoms with van der Waals surface area (Å²) < 4.78 is 0. The Bertz CT molecular complexity index is 302. The predicted octanol–water partition coefficient (Wildman–Crippen LogP) is -0.946. The summed E-state index contributed by atoms with van der Waals surface area (Å²) in [6.07, 6.45) is 0.161. The Morgan fingerprint density at radius 3 is 2.60 bits per heavy atom. The van der Waals surface area contributed by atoms with Gasteiger partial charge in [0.1, 0.15) is 6.04 Å². The van der Waals surface area contributed by atoms with Crippen LogP contribution in [0.15, 0.2) is 0 Å². The Balaban J connectivity index is 2.49. The fourth-order valence-electron chi connectivity index (χ4n) is 1.43. The Labute approximate surface area is 87.2 Å². The predicted molar refractivity (Wildman–Crippen MR) is 51.0 cm³/mol. The first-order chi connectivity index (χ1) is 6.91. The van der Waals surface area contributed by atoms with Gasteiger partial charge in [0.15, 0.2) is 0 Å². The quantitative estimate of drug-likeness (QED) is 0.634. The maximum absolute atomic E-state index is 11.5. The van der Waals surface area contributed by atoms with E-state index >= 15 is 0 Å². The zero-order chi connectivity index (χ0) is 11.6. The molecule has 2 atom stereocenters. The molecule has 0 saturated carbocycles. The van der Waals surface area contributed by atoms with Crippen LogP contribution in [0.2, 0.25) is 0 Å². The van der Waals surface area contributed by atoms with E-state index in [-0.39, 0.29) is 18.2 Å². The molecule has 2 amide bonds. The average Bonchev–Trinajstić information content (AvgIpc) is 2.46. The van der Waals surface area contributed by atoms with Crippen LogP contribution in [0, 0.1) is 5.92 Å². The summed E-state index contributed by atoms with van der Waals surface area (Å²) in [5, 5.41) is 10.9. The zero-order valence-corrected chi connectivity index (χ0v) is 8.69. The van der Waals surface area contributed by atoms with Gasteiger partial charge in [-0.1, -0.05) is 0 Å². The molecule has 0 aromatic rings. The molecule has 1 aliphatic rings. The van der Waals surface area contributed by atoms with E-state index in [1.54, 1.807) is 7.05 Å². The summed E-state index contributed by atoms with van der Waals surface area (Å²) in [7, 11) is 1.62. The summed E-state index contributed by atoms with van der Waals surface area (Å²) >= 11 is 0. The summed E-state index contributed by atoms with van der Waals surface area (Å²) in [5.41, 5.74) is 0. The Kier molecular flexibility index (Phi) is 3.28. The van der Waals surface area contributed by atoms with Gasteiger partial charge in [0.05, 0.1) is 5.92 Å². The molecule has 0 spiro atoms. The minimum absolute atomic E-state index is 0.0851. The standard InChI is InChI=1S/C9H14N2O4/c1-5(9(14)15)10-8(13)6-3-7(12)11(2)4-6/h5-6H,3-4H2,1-2H3,(H,10,13)(H,14,15). The highest BCUT2D eigenvalue weighted by Crippen LogP contribution is 2.15. The van der Waals surface area contributed by atoms with Gasteiger partial charge in [0.2, 0.25) is 11.8 Å².